The van der Waals surface area contributed by atoms with E-state index in [9.17, 15) is 0 Å². The summed E-state index contributed by atoms with van der Waals surface area (Å²) in [6.07, 6.45) is 8.19. The number of hydrogen-bond acceptors (Lipinski definition) is 2. The summed E-state index contributed by atoms with van der Waals surface area (Å²) in [5, 5.41) is 3.52. The van der Waals surface area contributed by atoms with Crippen molar-refractivity contribution in [2.75, 3.05) is 13.2 Å². The molecule has 1 saturated heterocycles. The fourth-order valence-corrected chi connectivity index (χ4v) is 2.18. The van der Waals surface area contributed by atoms with Crippen LogP contribution < -0.4 is 5.32 Å². The van der Waals surface area contributed by atoms with Gasteiger partial charge in [0.2, 0.25) is 0 Å². The monoisotopic (exact) mass is 199 g/mol. The van der Waals surface area contributed by atoms with Crippen LogP contribution in [0.4, 0.5) is 0 Å². The molecule has 84 valence electrons. The van der Waals surface area contributed by atoms with Gasteiger partial charge in [-0.05, 0) is 25.8 Å². The number of unbranched alkanes of at least 4 members (excludes halogenated alkanes) is 2. The summed E-state index contributed by atoms with van der Waals surface area (Å²) in [5.41, 5.74) is 0. The lowest BCUT2D eigenvalue weighted by molar-refractivity contribution is -0.00377. The molecule has 0 bridgehead atoms. The highest BCUT2D eigenvalue weighted by Gasteiger charge is 2.20. The summed E-state index contributed by atoms with van der Waals surface area (Å²) in [6.45, 7) is 6.48. The van der Waals surface area contributed by atoms with Crippen LogP contribution in [0, 0.1) is 0 Å². The Bertz CT molecular complexity index is 136. The Morgan fingerprint density at radius 3 is 2.86 bits per heavy atom. The molecule has 1 aliphatic rings. The van der Waals surface area contributed by atoms with Crippen molar-refractivity contribution in [3.05, 3.63) is 0 Å². The standard InChI is InChI=1S/C12H25NO/c1-3-5-6-7-12-10-11(13-4-2)8-9-14-12/h11-13H,3-10H2,1-2H3. The topological polar surface area (TPSA) is 21.3 Å². The van der Waals surface area contributed by atoms with Crippen LogP contribution in [-0.4, -0.2) is 25.3 Å². The Kier molecular flexibility index (Phi) is 6.20. The maximum Gasteiger partial charge on any atom is 0.0590 e. The second-order valence-electron chi connectivity index (χ2n) is 4.27. The number of nitrogens with one attached hydrogen (secondary N) is 1. The molecule has 2 heteroatoms. The van der Waals surface area contributed by atoms with E-state index in [4.69, 9.17) is 4.74 Å². The first-order valence-electron chi connectivity index (χ1n) is 6.21. The lowest BCUT2D eigenvalue weighted by atomic mass is 9.99. The summed E-state index contributed by atoms with van der Waals surface area (Å²) >= 11 is 0. The zero-order valence-corrected chi connectivity index (χ0v) is 9.72. The van der Waals surface area contributed by atoms with Crippen LogP contribution >= 0.6 is 0 Å². The molecule has 1 rings (SSSR count). The highest BCUT2D eigenvalue weighted by molar-refractivity contribution is 4.76. The molecular weight excluding hydrogens is 174 g/mol. The van der Waals surface area contributed by atoms with Gasteiger partial charge in [0, 0.05) is 12.6 Å². The van der Waals surface area contributed by atoms with E-state index in [1.165, 1.54) is 38.5 Å². The van der Waals surface area contributed by atoms with Crippen molar-refractivity contribution in [1.82, 2.24) is 5.32 Å². The maximum atomic E-state index is 5.76. The predicted octanol–water partition coefficient (Wildman–Crippen LogP) is 2.72. The highest BCUT2D eigenvalue weighted by atomic mass is 16.5. The zero-order chi connectivity index (χ0) is 10.2. The third-order valence-electron chi connectivity index (χ3n) is 2.99. The smallest absolute Gasteiger partial charge is 0.0590 e. The minimum absolute atomic E-state index is 0.527. The molecule has 0 radical (unpaired) electrons. The molecule has 1 aliphatic heterocycles. The molecule has 0 aromatic carbocycles. The quantitative estimate of drug-likeness (QED) is 0.664. The Hall–Kier alpha value is -0.0800. The van der Waals surface area contributed by atoms with Gasteiger partial charge in [-0.3, -0.25) is 0 Å². The van der Waals surface area contributed by atoms with Gasteiger partial charge in [0.25, 0.3) is 0 Å². The van der Waals surface area contributed by atoms with Gasteiger partial charge in [-0.2, -0.15) is 0 Å². The zero-order valence-electron chi connectivity index (χ0n) is 9.72. The van der Waals surface area contributed by atoms with Crippen LogP contribution in [0.3, 0.4) is 0 Å². The second-order valence-corrected chi connectivity index (χ2v) is 4.27. The Labute approximate surface area is 88.4 Å². The van der Waals surface area contributed by atoms with Gasteiger partial charge in [-0.15, -0.1) is 0 Å². The molecule has 2 nitrogen and oxygen atoms in total. The van der Waals surface area contributed by atoms with Gasteiger partial charge in [0.1, 0.15) is 0 Å². The second kappa shape index (κ2) is 7.24. The van der Waals surface area contributed by atoms with Crippen LogP contribution in [0.5, 0.6) is 0 Å². The van der Waals surface area contributed by atoms with Crippen LogP contribution in [0.2, 0.25) is 0 Å². The van der Waals surface area contributed by atoms with Crippen molar-refractivity contribution < 1.29 is 4.74 Å². The molecule has 14 heavy (non-hydrogen) atoms. The average molecular weight is 199 g/mol. The lowest BCUT2D eigenvalue weighted by Crippen LogP contribution is -2.38. The summed E-state index contributed by atoms with van der Waals surface area (Å²) in [5.74, 6) is 0. The van der Waals surface area contributed by atoms with E-state index in [0.29, 0.717) is 12.1 Å². The van der Waals surface area contributed by atoms with E-state index in [2.05, 4.69) is 19.2 Å². The maximum absolute atomic E-state index is 5.76. The van der Waals surface area contributed by atoms with E-state index in [-0.39, 0.29) is 0 Å². The number of hydrogen-bond donors (Lipinski definition) is 1. The lowest BCUT2D eigenvalue weighted by Gasteiger charge is -2.30. The Morgan fingerprint density at radius 1 is 1.29 bits per heavy atom. The first-order chi connectivity index (χ1) is 6.86. The van der Waals surface area contributed by atoms with Crippen molar-refractivity contribution in [2.24, 2.45) is 0 Å². The van der Waals surface area contributed by atoms with Crippen molar-refractivity contribution >= 4 is 0 Å². The fourth-order valence-electron chi connectivity index (χ4n) is 2.18. The molecular formula is C12H25NO. The molecule has 0 spiro atoms. The molecule has 1 fully saturated rings. The van der Waals surface area contributed by atoms with E-state index >= 15 is 0 Å². The molecule has 0 aromatic heterocycles. The molecule has 0 aromatic rings. The normalized spacial score (nSPS) is 27.9. The van der Waals surface area contributed by atoms with Crippen LogP contribution in [0.1, 0.15) is 52.4 Å². The van der Waals surface area contributed by atoms with Crippen molar-refractivity contribution in [3.8, 4) is 0 Å². The minimum atomic E-state index is 0.527. The van der Waals surface area contributed by atoms with Gasteiger partial charge in [-0.25, -0.2) is 0 Å². The van der Waals surface area contributed by atoms with Crippen LogP contribution in [0.15, 0.2) is 0 Å². The summed E-state index contributed by atoms with van der Waals surface area (Å²) < 4.78 is 5.76. The van der Waals surface area contributed by atoms with E-state index in [1.54, 1.807) is 0 Å². The van der Waals surface area contributed by atoms with E-state index < -0.39 is 0 Å². The minimum Gasteiger partial charge on any atom is -0.378 e. The molecule has 1 heterocycles. The van der Waals surface area contributed by atoms with E-state index in [1.807, 2.05) is 0 Å². The predicted molar refractivity (Wildman–Crippen MR) is 60.6 cm³/mol. The number of rotatable bonds is 6. The highest BCUT2D eigenvalue weighted by Crippen LogP contribution is 2.18. The Balaban J connectivity index is 2.12. The first kappa shape index (κ1) is 12.0. The van der Waals surface area contributed by atoms with Gasteiger partial charge < -0.3 is 10.1 Å². The summed E-state index contributed by atoms with van der Waals surface area (Å²) in [7, 11) is 0. The molecule has 2 atom stereocenters. The third kappa shape index (κ3) is 4.43. The van der Waals surface area contributed by atoms with Crippen molar-refractivity contribution in [3.63, 3.8) is 0 Å². The molecule has 1 N–H and O–H groups in total. The molecule has 0 amide bonds. The van der Waals surface area contributed by atoms with Crippen molar-refractivity contribution in [2.45, 2.75) is 64.5 Å². The largest absolute Gasteiger partial charge is 0.378 e. The average Bonchev–Trinajstić information content (AvgIpc) is 2.19. The third-order valence-corrected chi connectivity index (χ3v) is 2.99. The van der Waals surface area contributed by atoms with Gasteiger partial charge >= 0.3 is 0 Å². The SMILES string of the molecule is CCCCCC1CC(NCC)CCO1. The Morgan fingerprint density at radius 2 is 2.14 bits per heavy atom. The van der Waals surface area contributed by atoms with Gasteiger partial charge in [-0.1, -0.05) is 33.1 Å². The molecule has 2 unspecified atom stereocenters. The van der Waals surface area contributed by atoms with Crippen molar-refractivity contribution in [1.29, 1.82) is 0 Å². The molecule has 0 saturated carbocycles. The molecule has 0 aliphatic carbocycles. The van der Waals surface area contributed by atoms with Crippen LogP contribution in [-0.2, 0) is 4.74 Å². The summed E-state index contributed by atoms with van der Waals surface area (Å²) in [6, 6.07) is 0.709. The summed E-state index contributed by atoms with van der Waals surface area (Å²) in [4.78, 5) is 0. The van der Waals surface area contributed by atoms with Gasteiger partial charge in [0.15, 0.2) is 0 Å². The number of ether oxygens (including phenoxy) is 1. The fraction of sp³-hybridized carbons (Fsp3) is 1.00. The first-order valence-corrected chi connectivity index (χ1v) is 6.21. The van der Waals surface area contributed by atoms with Gasteiger partial charge in [0.05, 0.1) is 6.10 Å². The van der Waals surface area contributed by atoms with Crippen LogP contribution in [0.25, 0.3) is 0 Å². The van der Waals surface area contributed by atoms with E-state index in [0.717, 1.165) is 13.2 Å².